The van der Waals surface area contributed by atoms with Gasteiger partial charge in [0.15, 0.2) is 0 Å². The van der Waals surface area contributed by atoms with E-state index in [4.69, 9.17) is 10.5 Å². The molecule has 1 unspecified atom stereocenters. The molecule has 0 aromatic heterocycles. The summed E-state index contributed by atoms with van der Waals surface area (Å²) in [5.41, 5.74) is 8.60. The topological polar surface area (TPSA) is 35.2 Å². The summed E-state index contributed by atoms with van der Waals surface area (Å²) in [5, 5.41) is 0. The fourth-order valence-electron chi connectivity index (χ4n) is 2.18. The lowest BCUT2D eigenvalue weighted by atomic mass is 9.93. The molecular weight excluding hydrogens is 282 g/mol. The summed E-state index contributed by atoms with van der Waals surface area (Å²) in [6, 6.07) is 18.3. The molecule has 0 saturated carbocycles. The third-order valence-electron chi connectivity index (χ3n) is 3.77. The first-order valence-electron chi connectivity index (χ1n) is 7.23. The van der Waals surface area contributed by atoms with E-state index in [2.05, 4.69) is 32.0 Å². The third-order valence-corrected chi connectivity index (χ3v) is 3.77. The number of hydrogen-bond acceptors (Lipinski definition) is 2. The van der Waals surface area contributed by atoms with Crippen LogP contribution in [-0.4, -0.2) is 0 Å². The molecule has 0 saturated heterocycles. The molecule has 2 atom stereocenters. The van der Waals surface area contributed by atoms with Gasteiger partial charge in [-0.05, 0) is 17.5 Å². The average molecular weight is 306 g/mol. The molecule has 2 aromatic rings. The van der Waals surface area contributed by atoms with Crippen LogP contribution in [0.5, 0.6) is 5.75 Å². The van der Waals surface area contributed by atoms with Crippen LogP contribution in [0.3, 0.4) is 0 Å². The van der Waals surface area contributed by atoms with Gasteiger partial charge < -0.3 is 10.5 Å². The van der Waals surface area contributed by atoms with Crippen LogP contribution in [0.1, 0.15) is 37.4 Å². The number of halogens is 1. The molecule has 0 spiro atoms. The quantitative estimate of drug-likeness (QED) is 0.837. The molecule has 2 aromatic carbocycles. The van der Waals surface area contributed by atoms with Crippen molar-refractivity contribution in [3.8, 4) is 5.75 Å². The zero-order valence-electron chi connectivity index (χ0n) is 12.7. The molecule has 0 amide bonds. The highest BCUT2D eigenvalue weighted by Crippen LogP contribution is 2.30. The lowest BCUT2D eigenvalue weighted by Gasteiger charge is -2.21. The van der Waals surface area contributed by atoms with Gasteiger partial charge in [0.2, 0.25) is 0 Å². The van der Waals surface area contributed by atoms with E-state index in [0.717, 1.165) is 17.7 Å². The van der Waals surface area contributed by atoms with E-state index in [-0.39, 0.29) is 18.4 Å². The normalized spacial score (nSPS) is 13.1. The summed E-state index contributed by atoms with van der Waals surface area (Å²) >= 11 is 0. The molecule has 0 aliphatic rings. The molecule has 21 heavy (non-hydrogen) atoms. The van der Waals surface area contributed by atoms with E-state index in [1.54, 1.807) is 0 Å². The van der Waals surface area contributed by atoms with E-state index in [0.29, 0.717) is 12.5 Å². The number of hydrogen-bond donors (Lipinski definition) is 1. The Hall–Kier alpha value is -1.51. The SMILES string of the molecule is CCC(C)[C@@H](N)c1ccccc1OCc1ccccc1.Cl. The minimum atomic E-state index is 0. The Morgan fingerprint density at radius 3 is 2.29 bits per heavy atom. The van der Waals surface area contributed by atoms with Crippen LogP contribution in [0.4, 0.5) is 0 Å². The van der Waals surface area contributed by atoms with E-state index in [1.807, 2.05) is 36.4 Å². The molecule has 0 fully saturated rings. The molecule has 0 aliphatic heterocycles. The lowest BCUT2D eigenvalue weighted by Crippen LogP contribution is -2.19. The first kappa shape index (κ1) is 17.5. The van der Waals surface area contributed by atoms with E-state index in [9.17, 15) is 0 Å². The molecule has 0 aliphatic carbocycles. The highest BCUT2D eigenvalue weighted by molar-refractivity contribution is 5.85. The molecule has 2 nitrogen and oxygen atoms in total. The van der Waals surface area contributed by atoms with Crippen LogP contribution in [0, 0.1) is 5.92 Å². The second-order valence-electron chi connectivity index (χ2n) is 5.22. The summed E-state index contributed by atoms with van der Waals surface area (Å²) in [6.45, 7) is 4.92. The van der Waals surface area contributed by atoms with Crippen molar-refractivity contribution < 1.29 is 4.74 Å². The van der Waals surface area contributed by atoms with Crippen molar-refractivity contribution in [3.63, 3.8) is 0 Å². The highest BCUT2D eigenvalue weighted by atomic mass is 35.5. The molecule has 2 N–H and O–H groups in total. The van der Waals surface area contributed by atoms with Crippen molar-refractivity contribution in [1.29, 1.82) is 0 Å². The van der Waals surface area contributed by atoms with Gasteiger partial charge in [0, 0.05) is 11.6 Å². The van der Waals surface area contributed by atoms with Gasteiger partial charge in [-0.15, -0.1) is 12.4 Å². The zero-order valence-corrected chi connectivity index (χ0v) is 13.5. The van der Waals surface area contributed by atoms with Gasteiger partial charge in [0.1, 0.15) is 12.4 Å². The minimum absolute atomic E-state index is 0. The standard InChI is InChI=1S/C18H23NO.ClH/c1-3-14(2)18(19)16-11-7-8-12-17(16)20-13-15-9-5-4-6-10-15;/h4-12,14,18H,3,13,19H2,1-2H3;1H/t14?,18-;/m1./s1. The van der Waals surface area contributed by atoms with Gasteiger partial charge >= 0.3 is 0 Å². The van der Waals surface area contributed by atoms with Crippen molar-refractivity contribution in [1.82, 2.24) is 0 Å². The van der Waals surface area contributed by atoms with Crippen molar-refractivity contribution in [2.45, 2.75) is 32.9 Å². The van der Waals surface area contributed by atoms with Gasteiger partial charge in [0.25, 0.3) is 0 Å². The number of para-hydroxylation sites is 1. The van der Waals surface area contributed by atoms with Crippen molar-refractivity contribution in [3.05, 3.63) is 65.7 Å². The molecule has 0 heterocycles. The lowest BCUT2D eigenvalue weighted by molar-refractivity contribution is 0.297. The smallest absolute Gasteiger partial charge is 0.124 e. The predicted molar refractivity (Wildman–Crippen MR) is 90.8 cm³/mol. The van der Waals surface area contributed by atoms with Gasteiger partial charge in [0.05, 0.1) is 0 Å². The van der Waals surface area contributed by atoms with E-state index < -0.39 is 0 Å². The molecule has 3 heteroatoms. The Labute approximate surface area is 133 Å². The van der Waals surface area contributed by atoms with Crippen LogP contribution in [-0.2, 0) is 6.61 Å². The second-order valence-corrected chi connectivity index (χ2v) is 5.22. The third kappa shape index (κ3) is 4.76. The largest absolute Gasteiger partial charge is 0.489 e. The Morgan fingerprint density at radius 1 is 1.00 bits per heavy atom. The van der Waals surface area contributed by atoms with Crippen LogP contribution >= 0.6 is 12.4 Å². The van der Waals surface area contributed by atoms with Crippen LogP contribution in [0.2, 0.25) is 0 Å². The van der Waals surface area contributed by atoms with Crippen molar-refractivity contribution >= 4 is 12.4 Å². The summed E-state index contributed by atoms with van der Waals surface area (Å²) in [5.74, 6) is 1.33. The van der Waals surface area contributed by atoms with Gasteiger partial charge in [-0.1, -0.05) is 68.8 Å². The minimum Gasteiger partial charge on any atom is -0.489 e. The average Bonchev–Trinajstić information content (AvgIpc) is 2.52. The van der Waals surface area contributed by atoms with Crippen molar-refractivity contribution in [2.75, 3.05) is 0 Å². The molecule has 0 radical (unpaired) electrons. The Morgan fingerprint density at radius 2 is 1.62 bits per heavy atom. The van der Waals surface area contributed by atoms with E-state index in [1.165, 1.54) is 5.56 Å². The summed E-state index contributed by atoms with van der Waals surface area (Å²) < 4.78 is 5.96. The molecular formula is C18H24ClNO. The highest BCUT2D eigenvalue weighted by Gasteiger charge is 2.17. The van der Waals surface area contributed by atoms with Crippen molar-refractivity contribution in [2.24, 2.45) is 11.7 Å². The summed E-state index contributed by atoms with van der Waals surface area (Å²) in [7, 11) is 0. The summed E-state index contributed by atoms with van der Waals surface area (Å²) in [4.78, 5) is 0. The van der Waals surface area contributed by atoms with Gasteiger partial charge in [-0.25, -0.2) is 0 Å². The van der Waals surface area contributed by atoms with Crippen LogP contribution < -0.4 is 10.5 Å². The number of nitrogens with two attached hydrogens (primary N) is 1. The monoisotopic (exact) mass is 305 g/mol. The summed E-state index contributed by atoms with van der Waals surface area (Å²) in [6.07, 6.45) is 1.06. The number of benzene rings is 2. The fraction of sp³-hybridized carbons (Fsp3) is 0.333. The van der Waals surface area contributed by atoms with Gasteiger partial charge in [-0.3, -0.25) is 0 Å². The second kappa shape index (κ2) is 8.71. The molecule has 2 rings (SSSR count). The van der Waals surface area contributed by atoms with Crippen LogP contribution in [0.15, 0.2) is 54.6 Å². The Bertz CT molecular complexity index is 530. The first-order valence-corrected chi connectivity index (χ1v) is 7.23. The maximum absolute atomic E-state index is 6.34. The predicted octanol–water partition coefficient (Wildman–Crippen LogP) is 4.73. The first-order chi connectivity index (χ1) is 9.72. The fourth-order valence-corrected chi connectivity index (χ4v) is 2.18. The molecule has 0 bridgehead atoms. The maximum Gasteiger partial charge on any atom is 0.124 e. The zero-order chi connectivity index (χ0) is 14.4. The van der Waals surface area contributed by atoms with Gasteiger partial charge in [-0.2, -0.15) is 0 Å². The number of rotatable bonds is 6. The Balaban J connectivity index is 0.00000220. The van der Waals surface area contributed by atoms with Crippen LogP contribution in [0.25, 0.3) is 0 Å². The maximum atomic E-state index is 6.34. The van der Waals surface area contributed by atoms with E-state index >= 15 is 0 Å². The number of ether oxygens (including phenoxy) is 1. The Kier molecular flexibility index (Phi) is 7.27. The molecule has 114 valence electrons.